The average Bonchev–Trinajstić information content (AvgIpc) is 3.08. The number of carbonyl (C=O) groups is 2. The normalized spacial score (nSPS) is 31.9. The molecule has 2 fully saturated rings. The number of aromatic nitrogens is 1. The van der Waals surface area contributed by atoms with Crippen molar-refractivity contribution < 1.29 is 28.2 Å². The van der Waals surface area contributed by atoms with Crippen LogP contribution in [0.5, 0.6) is 0 Å². The Bertz CT molecular complexity index is 1120. The van der Waals surface area contributed by atoms with Crippen LogP contribution in [-0.2, 0) is 19.0 Å². The molecule has 3 aliphatic rings. The summed E-state index contributed by atoms with van der Waals surface area (Å²) in [4.78, 5) is 27.6. The summed E-state index contributed by atoms with van der Waals surface area (Å²) in [6, 6.07) is 5.89. The van der Waals surface area contributed by atoms with Crippen LogP contribution < -0.4 is 0 Å². The number of ether oxygens (including phenoxy) is 3. The predicted molar refractivity (Wildman–Crippen MR) is 111 cm³/mol. The number of epoxide rings is 1. The molecular weight excluding hydrogens is 401 g/mol. The van der Waals surface area contributed by atoms with Crippen molar-refractivity contribution >= 4 is 22.8 Å². The Balaban J connectivity index is 1.28. The highest BCUT2D eigenvalue weighted by atomic mass is 19.1. The molecule has 2 aliphatic heterocycles. The maximum Gasteiger partial charge on any atom is 0.355 e. The molecule has 0 radical (unpaired) electrons. The molecule has 2 aromatic rings. The summed E-state index contributed by atoms with van der Waals surface area (Å²) < 4.78 is 30.4. The summed E-state index contributed by atoms with van der Waals surface area (Å²) in [6.07, 6.45) is 4.66. The maximum absolute atomic E-state index is 13.4. The van der Waals surface area contributed by atoms with E-state index in [2.05, 4.69) is 17.6 Å². The molecule has 7 heteroatoms. The minimum absolute atomic E-state index is 0.0830. The van der Waals surface area contributed by atoms with E-state index in [9.17, 15) is 14.0 Å². The van der Waals surface area contributed by atoms with Gasteiger partial charge in [0.25, 0.3) is 0 Å². The van der Waals surface area contributed by atoms with Gasteiger partial charge in [0.15, 0.2) is 0 Å². The molecule has 0 bridgehead atoms. The molecule has 31 heavy (non-hydrogen) atoms. The third kappa shape index (κ3) is 3.67. The van der Waals surface area contributed by atoms with Crippen molar-refractivity contribution in [2.24, 2.45) is 5.92 Å². The number of fused-ring (bicyclic) bond motifs is 4. The number of carbonyl (C=O) groups excluding carboxylic acids is 2. The first-order valence-electron chi connectivity index (χ1n) is 10.5. The minimum Gasteiger partial charge on any atom is -0.457 e. The number of benzene rings is 1. The van der Waals surface area contributed by atoms with Gasteiger partial charge in [-0.3, -0.25) is 0 Å². The molecule has 0 saturated carbocycles. The minimum atomic E-state index is -0.492. The van der Waals surface area contributed by atoms with Crippen molar-refractivity contribution in [2.45, 2.75) is 50.4 Å². The number of nitrogens with one attached hydrogen (secondary N) is 1. The molecule has 0 spiro atoms. The zero-order valence-corrected chi connectivity index (χ0v) is 17.3. The summed E-state index contributed by atoms with van der Waals surface area (Å²) >= 11 is 0. The molecule has 162 valence electrons. The highest BCUT2D eigenvalue weighted by Gasteiger charge is 2.61. The van der Waals surface area contributed by atoms with E-state index in [1.807, 2.05) is 6.92 Å². The zero-order valence-electron chi connectivity index (χ0n) is 17.3. The molecule has 1 N–H and O–H groups in total. The van der Waals surface area contributed by atoms with Crippen LogP contribution in [0.15, 0.2) is 48.1 Å². The number of esters is 2. The van der Waals surface area contributed by atoms with Gasteiger partial charge in [0.2, 0.25) is 0 Å². The molecule has 0 amide bonds. The summed E-state index contributed by atoms with van der Waals surface area (Å²) in [5.74, 6) is -1.30. The molecule has 6 nitrogen and oxygen atoms in total. The third-order valence-corrected chi connectivity index (χ3v) is 6.63. The van der Waals surface area contributed by atoms with Crippen LogP contribution in [0.25, 0.3) is 10.9 Å². The standard InChI is InChI=1S/C24H24FNO5/c1-13-17-7-5-14(4-3-9-24(2)21(31-24)20(17)30-22(13)27)12-29-23(28)19-11-15-10-16(25)6-8-18(15)26-19/h4,6,8,10-11,17,20-21,26H,1,3,5,7,9,12H2,2H3/b14-4+/t17-,20-,21+,24+/m0/s1. The van der Waals surface area contributed by atoms with Gasteiger partial charge < -0.3 is 19.2 Å². The van der Waals surface area contributed by atoms with Crippen molar-refractivity contribution in [1.82, 2.24) is 4.98 Å². The Morgan fingerprint density at radius 3 is 3.06 bits per heavy atom. The van der Waals surface area contributed by atoms with Crippen LogP contribution in [0, 0.1) is 11.7 Å². The summed E-state index contributed by atoms with van der Waals surface area (Å²) in [6.45, 7) is 6.12. The smallest absolute Gasteiger partial charge is 0.355 e. The SMILES string of the molecule is C=C1C(=O)O[C@@H]2[C@H]3O[C@]3(C)CC/C=C(/COC(=O)c3cc4cc(F)ccc4[nH]3)CC[C@@H]12. The average molecular weight is 425 g/mol. The topological polar surface area (TPSA) is 80.9 Å². The molecule has 1 aliphatic carbocycles. The van der Waals surface area contributed by atoms with Crippen molar-refractivity contribution in [3.63, 3.8) is 0 Å². The van der Waals surface area contributed by atoms with Gasteiger partial charge in [-0.15, -0.1) is 0 Å². The quantitative estimate of drug-likeness (QED) is 0.345. The lowest BCUT2D eigenvalue weighted by Gasteiger charge is -2.20. The highest BCUT2D eigenvalue weighted by molar-refractivity contribution is 5.94. The molecule has 5 rings (SSSR count). The van der Waals surface area contributed by atoms with E-state index in [1.54, 1.807) is 12.1 Å². The lowest BCUT2D eigenvalue weighted by Crippen LogP contribution is -2.29. The van der Waals surface area contributed by atoms with E-state index >= 15 is 0 Å². The number of H-pyrrole nitrogens is 1. The summed E-state index contributed by atoms with van der Waals surface area (Å²) in [5.41, 5.74) is 2.14. The van der Waals surface area contributed by atoms with Gasteiger partial charge in [0.05, 0.1) is 5.60 Å². The highest BCUT2D eigenvalue weighted by Crippen LogP contribution is 2.49. The van der Waals surface area contributed by atoms with Crippen LogP contribution in [0.1, 0.15) is 43.1 Å². The van der Waals surface area contributed by atoms with E-state index < -0.39 is 5.97 Å². The number of hydrogen-bond donors (Lipinski definition) is 1. The number of hydrogen-bond acceptors (Lipinski definition) is 5. The molecule has 1 aromatic carbocycles. The second-order valence-electron chi connectivity index (χ2n) is 8.78. The van der Waals surface area contributed by atoms with Gasteiger partial charge in [-0.25, -0.2) is 14.0 Å². The van der Waals surface area contributed by atoms with E-state index in [0.717, 1.165) is 18.4 Å². The van der Waals surface area contributed by atoms with Crippen LogP contribution in [0.3, 0.4) is 0 Å². The van der Waals surface area contributed by atoms with Gasteiger partial charge in [-0.2, -0.15) is 0 Å². The van der Waals surface area contributed by atoms with Gasteiger partial charge in [-0.05, 0) is 62.4 Å². The van der Waals surface area contributed by atoms with Gasteiger partial charge in [-0.1, -0.05) is 12.7 Å². The Morgan fingerprint density at radius 1 is 1.39 bits per heavy atom. The first-order chi connectivity index (χ1) is 14.8. The fraction of sp³-hybridized carbons (Fsp3) is 0.417. The fourth-order valence-electron chi connectivity index (χ4n) is 4.70. The number of aromatic amines is 1. The monoisotopic (exact) mass is 425 g/mol. The van der Waals surface area contributed by atoms with Crippen molar-refractivity contribution in [3.8, 4) is 0 Å². The number of halogens is 1. The molecule has 2 saturated heterocycles. The Hall–Kier alpha value is -2.93. The Labute approximate surface area is 179 Å². The third-order valence-electron chi connectivity index (χ3n) is 6.63. The molecule has 3 heterocycles. The molecular formula is C24H24FNO5. The van der Waals surface area contributed by atoms with Crippen molar-refractivity contribution in [1.29, 1.82) is 0 Å². The second kappa shape index (κ2) is 7.34. The van der Waals surface area contributed by atoms with Crippen LogP contribution in [0.4, 0.5) is 4.39 Å². The molecule has 0 unspecified atom stereocenters. The van der Waals surface area contributed by atoms with E-state index in [0.29, 0.717) is 29.3 Å². The van der Waals surface area contributed by atoms with E-state index in [-0.39, 0.29) is 47.8 Å². The summed E-state index contributed by atoms with van der Waals surface area (Å²) in [7, 11) is 0. The van der Waals surface area contributed by atoms with Crippen molar-refractivity contribution in [2.75, 3.05) is 6.61 Å². The van der Waals surface area contributed by atoms with Crippen LogP contribution >= 0.6 is 0 Å². The zero-order chi connectivity index (χ0) is 21.8. The fourth-order valence-corrected chi connectivity index (χ4v) is 4.70. The number of rotatable bonds is 3. The first-order valence-corrected chi connectivity index (χ1v) is 10.5. The predicted octanol–water partition coefficient (Wildman–Crippen LogP) is 4.22. The van der Waals surface area contributed by atoms with Gasteiger partial charge >= 0.3 is 11.9 Å². The summed E-state index contributed by atoms with van der Waals surface area (Å²) in [5, 5.41) is 0.618. The maximum atomic E-state index is 13.4. The van der Waals surface area contributed by atoms with Crippen LogP contribution in [0.2, 0.25) is 0 Å². The Morgan fingerprint density at radius 2 is 2.23 bits per heavy atom. The number of allylic oxidation sites excluding steroid dienone is 1. The van der Waals surface area contributed by atoms with Crippen molar-refractivity contribution in [3.05, 3.63) is 59.6 Å². The van der Waals surface area contributed by atoms with Crippen LogP contribution in [-0.4, -0.2) is 41.3 Å². The second-order valence-corrected chi connectivity index (χ2v) is 8.78. The lowest BCUT2D eigenvalue weighted by atomic mass is 9.84. The molecule has 1 aromatic heterocycles. The Kier molecular flexibility index (Phi) is 4.73. The van der Waals surface area contributed by atoms with E-state index in [1.165, 1.54) is 12.1 Å². The first kappa shape index (κ1) is 20.0. The van der Waals surface area contributed by atoms with E-state index in [4.69, 9.17) is 14.2 Å². The lowest BCUT2D eigenvalue weighted by molar-refractivity contribution is -0.140. The van der Waals surface area contributed by atoms with Gasteiger partial charge in [0, 0.05) is 22.4 Å². The molecule has 4 atom stereocenters. The van der Waals surface area contributed by atoms with Gasteiger partial charge in [0.1, 0.15) is 30.3 Å². The largest absolute Gasteiger partial charge is 0.457 e.